The molecule has 7 heteroatoms. The second-order valence-corrected chi connectivity index (χ2v) is 8.26. The number of carbonyl (C=O) groups is 2. The van der Waals surface area contributed by atoms with Crippen LogP contribution in [-0.4, -0.2) is 54.3 Å². The van der Waals surface area contributed by atoms with Crippen LogP contribution in [0.1, 0.15) is 11.1 Å². The fraction of sp³-hybridized carbons (Fsp3) is 0.333. The highest BCUT2D eigenvalue weighted by atomic mass is 79.9. The highest BCUT2D eigenvalue weighted by Gasteiger charge is 2.23. The van der Waals surface area contributed by atoms with Crippen molar-refractivity contribution in [2.24, 2.45) is 0 Å². The number of rotatable bonds is 5. The molecule has 0 saturated carbocycles. The van der Waals surface area contributed by atoms with Crippen molar-refractivity contribution in [3.05, 3.63) is 63.1 Å². The summed E-state index contributed by atoms with van der Waals surface area (Å²) in [6.45, 7) is 4.94. The molecule has 0 aromatic heterocycles. The van der Waals surface area contributed by atoms with E-state index in [9.17, 15) is 9.59 Å². The third kappa shape index (κ3) is 5.56. The largest absolute Gasteiger partial charge is 0.340 e. The number of anilines is 1. The Balaban J connectivity index is 1.46. The second-order valence-electron chi connectivity index (χ2n) is 6.93. The van der Waals surface area contributed by atoms with Gasteiger partial charge in [0, 0.05) is 30.7 Å². The van der Waals surface area contributed by atoms with E-state index in [4.69, 9.17) is 11.6 Å². The van der Waals surface area contributed by atoms with E-state index in [1.807, 2.05) is 42.2 Å². The van der Waals surface area contributed by atoms with Gasteiger partial charge in [-0.2, -0.15) is 0 Å². The summed E-state index contributed by atoms with van der Waals surface area (Å²) in [5.74, 6) is 0.0314. The SMILES string of the molecule is Cc1ccccc1CC(=O)N1CCN(CC(=O)Nc2ccc(Br)cc2Cl)CC1. The Hall–Kier alpha value is -1.89. The molecule has 2 amide bonds. The first kappa shape index (κ1) is 20.8. The van der Waals surface area contributed by atoms with Crippen LogP contribution in [0.4, 0.5) is 5.69 Å². The third-order valence-electron chi connectivity index (χ3n) is 4.90. The standard InChI is InChI=1S/C21H23BrClN3O2/c1-15-4-2-3-5-16(15)12-21(28)26-10-8-25(9-11-26)14-20(27)24-19-7-6-17(22)13-18(19)23/h2-7,13H,8-12,14H2,1H3,(H,24,27). The maximum Gasteiger partial charge on any atom is 0.238 e. The van der Waals surface area contributed by atoms with Crippen molar-refractivity contribution in [1.82, 2.24) is 9.80 Å². The van der Waals surface area contributed by atoms with Gasteiger partial charge < -0.3 is 10.2 Å². The molecule has 5 nitrogen and oxygen atoms in total. The van der Waals surface area contributed by atoms with Gasteiger partial charge in [0.15, 0.2) is 0 Å². The Bertz CT molecular complexity index is 866. The van der Waals surface area contributed by atoms with Gasteiger partial charge in [-0.15, -0.1) is 0 Å². The molecule has 0 radical (unpaired) electrons. The number of piperazine rings is 1. The Morgan fingerprint density at radius 2 is 1.82 bits per heavy atom. The summed E-state index contributed by atoms with van der Waals surface area (Å²) in [5.41, 5.74) is 2.81. The van der Waals surface area contributed by atoms with Gasteiger partial charge in [0.25, 0.3) is 0 Å². The fourth-order valence-corrected chi connectivity index (χ4v) is 3.94. The van der Waals surface area contributed by atoms with Crippen LogP contribution in [0.3, 0.4) is 0 Å². The lowest BCUT2D eigenvalue weighted by atomic mass is 10.1. The number of nitrogens with one attached hydrogen (secondary N) is 1. The maximum absolute atomic E-state index is 12.6. The lowest BCUT2D eigenvalue weighted by Gasteiger charge is -2.34. The van der Waals surface area contributed by atoms with E-state index in [1.165, 1.54) is 0 Å². The minimum absolute atomic E-state index is 0.107. The van der Waals surface area contributed by atoms with Crippen LogP contribution >= 0.6 is 27.5 Å². The molecule has 2 aromatic carbocycles. The summed E-state index contributed by atoms with van der Waals surface area (Å²) < 4.78 is 0.863. The monoisotopic (exact) mass is 463 g/mol. The van der Waals surface area contributed by atoms with Crippen molar-refractivity contribution in [2.45, 2.75) is 13.3 Å². The average Bonchev–Trinajstić information content (AvgIpc) is 2.66. The predicted octanol–water partition coefficient (Wildman–Crippen LogP) is 3.74. The lowest BCUT2D eigenvalue weighted by molar-refractivity contribution is -0.132. The number of amides is 2. The number of hydrogen-bond donors (Lipinski definition) is 1. The minimum Gasteiger partial charge on any atom is -0.340 e. The summed E-state index contributed by atoms with van der Waals surface area (Å²) in [7, 11) is 0. The van der Waals surface area contributed by atoms with Gasteiger partial charge in [0.2, 0.25) is 11.8 Å². The zero-order chi connectivity index (χ0) is 20.1. The predicted molar refractivity (Wildman–Crippen MR) is 116 cm³/mol. The molecule has 148 valence electrons. The molecule has 0 spiro atoms. The first-order valence-corrected chi connectivity index (χ1v) is 10.4. The molecule has 1 aliphatic rings. The molecule has 1 saturated heterocycles. The van der Waals surface area contributed by atoms with Gasteiger partial charge in [-0.1, -0.05) is 51.8 Å². The van der Waals surface area contributed by atoms with Gasteiger partial charge in [0.05, 0.1) is 23.7 Å². The normalized spacial score (nSPS) is 14.8. The number of halogens is 2. The van der Waals surface area contributed by atoms with Crippen molar-refractivity contribution in [2.75, 3.05) is 38.0 Å². The molecular formula is C21H23BrClN3O2. The molecule has 3 rings (SSSR count). The molecule has 0 bridgehead atoms. The van der Waals surface area contributed by atoms with E-state index in [2.05, 4.69) is 26.1 Å². The van der Waals surface area contributed by atoms with Crippen LogP contribution in [-0.2, 0) is 16.0 Å². The Labute approximate surface area is 178 Å². The first-order valence-electron chi connectivity index (χ1n) is 9.22. The summed E-state index contributed by atoms with van der Waals surface area (Å²) in [4.78, 5) is 28.8. The van der Waals surface area contributed by atoms with Gasteiger partial charge in [0.1, 0.15) is 0 Å². The van der Waals surface area contributed by atoms with Gasteiger partial charge in [-0.25, -0.2) is 0 Å². The van der Waals surface area contributed by atoms with E-state index < -0.39 is 0 Å². The number of hydrogen-bond acceptors (Lipinski definition) is 3. The van der Waals surface area contributed by atoms with Crippen molar-refractivity contribution < 1.29 is 9.59 Å². The summed E-state index contributed by atoms with van der Waals surface area (Å²) in [6, 6.07) is 13.3. The van der Waals surface area contributed by atoms with Gasteiger partial charge in [-0.3, -0.25) is 14.5 Å². The Morgan fingerprint density at radius 3 is 2.50 bits per heavy atom. The van der Waals surface area contributed by atoms with Crippen LogP contribution < -0.4 is 5.32 Å². The van der Waals surface area contributed by atoms with Crippen LogP contribution in [0.2, 0.25) is 5.02 Å². The maximum atomic E-state index is 12.6. The molecule has 0 aliphatic carbocycles. The first-order chi connectivity index (χ1) is 13.4. The zero-order valence-electron chi connectivity index (χ0n) is 15.8. The summed E-state index contributed by atoms with van der Waals surface area (Å²) in [6.07, 6.45) is 0.426. The minimum atomic E-state index is -0.107. The average molecular weight is 465 g/mol. The number of carbonyl (C=O) groups excluding carboxylic acids is 2. The zero-order valence-corrected chi connectivity index (χ0v) is 18.1. The molecule has 1 aliphatic heterocycles. The van der Waals surface area contributed by atoms with Crippen LogP contribution in [0.15, 0.2) is 46.9 Å². The molecule has 2 aromatic rings. The van der Waals surface area contributed by atoms with Crippen molar-refractivity contribution in [1.29, 1.82) is 0 Å². The molecule has 0 unspecified atom stereocenters. The van der Waals surface area contributed by atoms with E-state index in [0.717, 1.165) is 15.6 Å². The Kier molecular flexibility index (Phi) is 7.10. The topological polar surface area (TPSA) is 52.7 Å². The molecule has 0 atom stereocenters. The van der Waals surface area contributed by atoms with Crippen molar-refractivity contribution >= 4 is 45.0 Å². The van der Waals surface area contributed by atoms with Crippen LogP contribution in [0, 0.1) is 6.92 Å². The molecular weight excluding hydrogens is 442 g/mol. The van der Waals surface area contributed by atoms with E-state index in [-0.39, 0.29) is 18.4 Å². The van der Waals surface area contributed by atoms with Crippen LogP contribution in [0.5, 0.6) is 0 Å². The molecule has 1 fully saturated rings. The highest BCUT2D eigenvalue weighted by molar-refractivity contribution is 9.10. The van der Waals surface area contributed by atoms with Crippen LogP contribution in [0.25, 0.3) is 0 Å². The molecule has 1 N–H and O–H groups in total. The van der Waals surface area contributed by atoms with Gasteiger partial charge >= 0.3 is 0 Å². The van der Waals surface area contributed by atoms with E-state index in [1.54, 1.807) is 12.1 Å². The number of nitrogens with zero attached hydrogens (tertiary/aromatic N) is 2. The second kappa shape index (κ2) is 9.54. The number of aryl methyl sites for hydroxylation is 1. The van der Waals surface area contributed by atoms with Gasteiger partial charge in [-0.05, 0) is 36.2 Å². The third-order valence-corrected chi connectivity index (χ3v) is 5.71. The summed E-state index contributed by atoms with van der Waals surface area (Å²) >= 11 is 9.49. The smallest absolute Gasteiger partial charge is 0.238 e. The van der Waals surface area contributed by atoms with E-state index in [0.29, 0.717) is 43.3 Å². The van der Waals surface area contributed by atoms with Crippen molar-refractivity contribution in [3.63, 3.8) is 0 Å². The quantitative estimate of drug-likeness (QED) is 0.733. The summed E-state index contributed by atoms with van der Waals surface area (Å²) in [5, 5.41) is 3.34. The fourth-order valence-electron chi connectivity index (χ4n) is 3.22. The van der Waals surface area contributed by atoms with Crippen molar-refractivity contribution in [3.8, 4) is 0 Å². The molecule has 1 heterocycles. The highest BCUT2D eigenvalue weighted by Crippen LogP contribution is 2.25. The molecule has 28 heavy (non-hydrogen) atoms. The van der Waals surface area contributed by atoms with E-state index >= 15 is 0 Å². The number of benzene rings is 2. The Morgan fingerprint density at radius 1 is 1.11 bits per heavy atom. The lowest BCUT2D eigenvalue weighted by Crippen LogP contribution is -2.50.